The first-order valence-corrected chi connectivity index (χ1v) is 6.75. The summed E-state index contributed by atoms with van der Waals surface area (Å²) in [4.78, 5) is 0. The second kappa shape index (κ2) is 4.89. The molecule has 0 aromatic heterocycles. The Morgan fingerprint density at radius 3 is 2.93 bits per heavy atom. The Kier molecular flexibility index (Phi) is 3.53. The number of hydrogen-bond acceptors (Lipinski definition) is 1. The lowest BCUT2D eigenvalue weighted by atomic mass is 10.1. The summed E-state index contributed by atoms with van der Waals surface area (Å²) in [5.74, 6) is 2.09. The summed E-state index contributed by atoms with van der Waals surface area (Å²) >= 11 is 2.07. The van der Waals surface area contributed by atoms with E-state index in [4.69, 9.17) is 0 Å². The molecule has 1 aromatic carbocycles. The summed E-state index contributed by atoms with van der Waals surface area (Å²) in [6.07, 6.45) is 5.87. The van der Waals surface area contributed by atoms with E-state index in [1.165, 1.54) is 23.3 Å². The van der Waals surface area contributed by atoms with Crippen molar-refractivity contribution < 1.29 is 0 Å². The van der Waals surface area contributed by atoms with Gasteiger partial charge in [-0.3, -0.25) is 0 Å². The molecule has 15 heavy (non-hydrogen) atoms. The van der Waals surface area contributed by atoms with Crippen LogP contribution in [0.1, 0.15) is 36.6 Å². The SMILES string of the molecule is CCC(C)CSC1C=Cc2ccccc21. The molecule has 1 aliphatic rings. The predicted octanol–water partition coefficient (Wildman–Crippen LogP) is 4.53. The van der Waals surface area contributed by atoms with Gasteiger partial charge in [0.15, 0.2) is 0 Å². The summed E-state index contributed by atoms with van der Waals surface area (Å²) in [6.45, 7) is 4.60. The fourth-order valence-electron chi connectivity index (χ4n) is 1.75. The highest BCUT2D eigenvalue weighted by molar-refractivity contribution is 7.99. The smallest absolute Gasteiger partial charge is 0.0486 e. The Morgan fingerprint density at radius 2 is 2.13 bits per heavy atom. The van der Waals surface area contributed by atoms with Gasteiger partial charge in [-0.05, 0) is 22.8 Å². The van der Waals surface area contributed by atoms with E-state index in [1.54, 1.807) is 0 Å². The molecule has 2 unspecified atom stereocenters. The van der Waals surface area contributed by atoms with Crippen LogP contribution in [0.4, 0.5) is 0 Å². The van der Waals surface area contributed by atoms with Crippen molar-refractivity contribution in [2.45, 2.75) is 25.5 Å². The number of benzene rings is 1. The summed E-state index contributed by atoms with van der Waals surface area (Å²) in [7, 11) is 0. The van der Waals surface area contributed by atoms with Crippen LogP contribution in [0.25, 0.3) is 6.08 Å². The molecular formula is C14H18S. The molecule has 0 saturated heterocycles. The van der Waals surface area contributed by atoms with Gasteiger partial charge in [-0.1, -0.05) is 56.7 Å². The van der Waals surface area contributed by atoms with Gasteiger partial charge in [0, 0.05) is 5.25 Å². The van der Waals surface area contributed by atoms with E-state index < -0.39 is 0 Å². The van der Waals surface area contributed by atoms with Gasteiger partial charge in [0.05, 0.1) is 0 Å². The molecular weight excluding hydrogens is 200 g/mol. The van der Waals surface area contributed by atoms with E-state index in [-0.39, 0.29) is 0 Å². The Hall–Kier alpha value is -0.690. The van der Waals surface area contributed by atoms with Crippen LogP contribution >= 0.6 is 11.8 Å². The van der Waals surface area contributed by atoms with Gasteiger partial charge in [0.2, 0.25) is 0 Å². The molecule has 1 aromatic rings. The molecule has 0 aliphatic heterocycles. The largest absolute Gasteiger partial charge is 0.149 e. The number of fused-ring (bicyclic) bond motifs is 1. The fourth-order valence-corrected chi connectivity index (χ4v) is 3.10. The van der Waals surface area contributed by atoms with Gasteiger partial charge in [0.25, 0.3) is 0 Å². The van der Waals surface area contributed by atoms with Crippen molar-refractivity contribution in [1.29, 1.82) is 0 Å². The number of rotatable bonds is 4. The third-order valence-corrected chi connectivity index (χ3v) is 4.54. The fraction of sp³-hybridized carbons (Fsp3) is 0.429. The van der Waals surface area contributed by atoms with Crippen LogP contribution in [0, 0.1) is 5.92 Å². The molecule has 1 aliphatic carbocycles. The minimum absolute atomic E-state index is 0.593. The van der Waals surface area contributed by atoms with Gasteiger partial charge >= 0.3 is 0 Å². The highest BCUT2D eigenvalue weighted by atomic mass is 32.2. The van der Waals surface area contributed by atoms with Crippen molar-refractivity contribution in [2.24, 2.45) is 5.92 Å². The van der Waals surface area contributed by atoms with Crippen molar-refractivity contribution in [1.82, 2.24) is 0 Å². The third-order valence-electron chi connectivity index (χ3n) is 3.01. The lowest BCUT2D eigenvalue weighted by molar-refractivity contribution is 0.636. The molecule has 2 atom stereocenters. The van der Waals surface area contributed by atoms with Crippen LogP contribution in [0.15, 0.2) is 30.3 Å². The Bertz CT molecular complexity index is 354. The van der Waals surface area contributed by atoms with E-state index in [1.807, 2.05) is 0 Å². The van der Waals surface area contributed by atoms with Crippen molar-refractivity contribution in [3.05, 3.63) is 41.5 Å². The highest BCUT2D eigenvalue weighted by Crippen LogP contribution is 2.39. The normalized spacial score (nSPS) is 20.3. The monoisotopic (exact) mass is 218 g/mol. The van der Waals surface area contributed by atoms with E-state index >= 15 is 0 Å². The minimum atomic E-state index is 0.593. The molecule has 80 valence electrons. The Balaban J connectivity index is 1.99. The van der Waals surface area contributed by atoms with Crippen LogP contribution in [0.2, 0.25) is 0 Å². The molecule has 0 nitrogen and oxygen atoms in total. The first kappa shape index (κ1) is 10.8. The molecule has 0 radical (unpaired) electrons. The standard InChI is InChI=1S/C14H18S/c1-3-11(2)10-15-14-9-8-12-6-4-5-7-13(12)14/h4-9,11,14H,3,10H2,1-2H3. The van der Waals surface area contributed by atoms with Gasteiger partial charge in [-0.15, -0.1) is 11.8 Å². The van der Waals surface area contributed by atoms with Gasteiger partial charge in [0.1, 0.15) is 0 Å². The summed E-state index contributed by atoms with van der Waals surface area (Å²) in [6, 6.07) is 8.72. The average molecular weight is 218 g/mol. The topological polar surface area (TPSA) is 0 Å². The van der Waals surface area contributed by atoms with Gasteiger partial charge < -0.3 is 0 Å². The first-order valence-electron chi connectivity index (χ1n) is 5.70. The molecule has 0 spiro atoms. The van der Waals surface area contributed by atoms with Crippen molar-refractivity contribution >= 4 is 17.8 Å². The Labute approximate surface area is 96.8 Å². The summed E-state index contributed by atoms with van der Waals surface area (Å²) in [5.41, 5.74) is 2.89. The summed E-state index contributed by atoms with van der Waals surface area (Å²) in [5, 5.41) is 0.593. The second-order valence-electron chi connectivity index (χ2n) is 4.26. The van der Waals surface area contributed by atoms with Crippen molar-refractivity contribution in [2.75, 3.05) is 5.75 Å². The maximum absolute atomic E-state index is 2.33. The first-order chi connectivity index (χ1) is 7.31. The van der Waals surface area contributed by atoms with Crippen LogP contribution in [0.5, 0.6) is 0 Å². The van der Waals surface area contributed by atoms with E-state index in [2.05, 4.69) is 62.0 Å². The lowest BCUT2D eigenvalue weighted by Gasteiger charge is -2.13. The molecule has 0 fully saturated rings. The molecule has 1 heteroatoms. The molecule has 0 N–H and O–H groups in total. The molecule has 2 rings (SSSR count). The minimum Gasteiger partial charge on any atom is -0.149 e. The Morgan fingerprint density at radius 1 is 1.33 bits per heavy atom. The number of hydrogen-bond donors (Lipinski definition) is 0. The average Bonchev–Trinajstić information content (AvgIpc) is 2.69. The zero-order valence-corrected chi connectivity index (χ0v) is 10.3. The molecule has 0 heterocycles. The quantitative estimate of drug-likeness (QED) is 0.715. The van der Waals surface area contributed by atoms with E-state index in [0.29, 0.717) is 5.25 Å². The zero-order valence-electron chi connectivity index (χ0n) is 9.44. The predicted molar refractivity (Wildman–Crippen MR) is 70.1 cm³/mol. The van der Waals surface area contributed by atoms with Gasteiger partial charge in [-0.25, -0.2) is 0 Å². The van der Waals surface area contributed by atoms with E-state index in [9.17, 15) is 0 Å². The van der Waals surface area contributed by atoms with Crippen LogP contribution in [-0.4, -0.2) is 5.75 Å². The molecule has 0 saturated carbocycles. The van der Waals surface area contributed by atoms with E-state index in [0.717, 1.165) is 5.92 Å². The maximum Gasteiger partial charge on any atom is 0.0486 e. The maximum atomic E-state index is 2.33. The van der Waals surface area contributed by atoms with Crippen molar-refractivity contribution in [3.8, 4) is 0 Å². The van der Waals surface area contributed by atoms with Crippen molar-refractivity contribution in [3.63, 3.8) is 0 Å². The van der Waals surface area contributed by atoms with Gasteiger partial charge in [-0.2, -0.15) is 0 Å². The molecule has 0 amide bonds. The van der Waals surface area contributed by atoms with Crippen LogP contribution < -0.4 is 0 Å². The highest BCUT2D eigenvalue weighted by Gasteiger charge is 2.17. The lowest BCUT2D eigenvalue weighted by Crippen LogP contribution is -1.98. The molecule has 0 bridgehead atoms. The zero-order chi connectivity index (χ0) is 10.7. The summed E-state index contributed by atoms with van der Waals surface area (Å²) < 4.78 is 0. The second-order valence-corrected chi connectivity index (χ2v) is 5.43. The third kappa shape index (κ3) is 2.46. The van der Waals surface area contributed by atoms with Crippen LogP contribution in [0.3, 0.4) is 0 Å². The van der Waals surface area contributed by atoms with Crippen LogP contribution in [-0.2, 0) is 0 Å². The number of thioether (sulfide) groups is 1.